The molecule has 9 heteroatoms. The van der Waals surface area contributed by atoms with Gasteiger partial charge in [0.2, 0.25) is 5.91 Å². The van der Waals surface area contributed by atoms with E-state index in [4.69, 9.17) is 9.05 Å². The van der Waals surface area contributed by atoms with E-state index in [1.807, 2.05) is 21.1 Å². The molecule has 3 N–H and O–H groups in total. The minimum atomic E-state index is -4.28. The van der Waals surface area contributed by atoms with E-state index in [-0.39, 0.29) is 19.1 Å². The van der Waals surface area contributed by atoms with Gasteiger partial charge in [-0.15, -0.1) is 0 Å². The minimum absolute atomic E-state index is 0.0764. The fraction of sp³-hybridized carbons (Fsp3) is 0.977. The lowest BCUT2D eigenvalue weighted by molar-refractivity contribution is -0.870. The van der Waals surface area contributed by atoms with Crippen LogP contribution in [0.2, 0.25) is 0 Å². The first kappa shape index (κ1) is 51.5. The van der Waals surface area contributed by atoms with Crippen molar-refractivity contribution in [2.45, 2.75) is 231 Å². The van der Waals surface area contributed by atoms with Gasteiger partial charge < -0.3 is 19.8 Å². The Morgan fingerprint density at radius 3 is 1.29 bits per heavy atom. The predicted molar refractivity (Wildman–Crippen MR) is 222 cm³/mol. The third-order valence-electron chi connectivity index (χ3n) is 10.4. The van der Waals surface area contributed by atoms with Crippen LogP contribution in [-0.2, 0) is 18.4 Å². The Labute approximate surface area is 323 Å². The van der Waals surface area contributed by atoms with Crippen molar-refractivity contribution in [2.24, 2.45) is 0 Å². The van der Waals surface area contributed by atoms with E-state index < -0.39 is 20.0 Å². The van der Waals surface area contributed by atoms with Crippen LogP contribution >= 0.6 is 7.82 Å². The maximum absolute atomic E-state index is 12.7. The first-order chi connectivity index (χ1) is 25.0. The standard InChI is InChI=1S/C43H89N2O6P/c1-6-8-10-11-12-13-14-15-16-17-18-19-20-21-22-23-24-25-26-27-28-29-30-31-32-33-35-37-43(47)44-41(42(46)36-34-9-7-2)40-51-52(48,49)50-39-38-45(3,4)5/h41-42,46H,6-40H2,1-5H3,(H-,44,47,48,49)/p+1. The number of hydrogen-bond donors (Lipinski definition) is 3. The summed E-state index contributed by atoms with van der Waals surface area (Å²) in [5, 5.41) is 13.6. The quantitative estimate of drug-likeness (QED) is 0.0325. The largest absolute Gasteiger partial charge is 0.472 e. The molecule has 312 valence electrons. The van der Waals surface area contributed by atoms with Gasteiger partial charge in [-0.3, -0.25) is 13.8 Å². The molecule has 1 amide bonds. The van der Waals surface area contributed by atoms with E-state index in [1.165, 1.54) is 154 Å². The van der Waals surface area contributed by atoms with Gasteiger partial charge in [-0.25, -0.2) is 4.57 Å². The van der Waals surface area contributed by atoms with Crippen molar-refractivity contribution in [3.05, 3.63) is 0 Å². The Balaban J connectivity index is 3.76. The number of unbranched alkanes of at least 4 members (excludes halogenated alkanes) is 28. The molecule has 3 unspecified atom stereocenters. The van der Waals surface area contributed by atoms with Crippen molar-refractivity contribution < 1.29 is 32.9 Å². The Morgan fingerprint density at radius 1 is 0.577 bits per heavy atom. The van der Waals surface area contributed by atoms with Crippen LogP contribution in [0.25, 0.3) is 0 Å². The topological polar surface area (TPSA) is 105 Å². The summed E-state index contributed by atoms with van der Waals surface area (Å²) in [5.41, 5.74) is 0. The fourth-order valence-electron chi connectivity index (χ4n) is 6.75. The van der Waals surface area contributed by atoms with Crippen molar-refractivity contribution >= 4 is 13.7 Å². The molecule has 0 saturated heterocycles. The van der Waals surface area contributed by atoms with Crippen molar-refractivity contribution in [1.29, 1.82) is 0 Å². The van der Waals surface area contributed by atoms with Crippen molar-refractivity contribution in [3.63, 3.8) is 0 Å². The van der Waals surface area contributed by atoms with E-state index >= 15 is 0 Å². The highest BCUT2D eigenvalue weighted by Gasteiger charge is 2.28. The summed E-state index contributed by atoms with van der Waals surface area (Å²) in [4.78, 5) is 22.8. The number of hydrogen-bond acceptors (Lipinski definition) is 5. The molecule has 0 aliphatic carbocycles. The minimum Gasteiger partial charge on any atom is -0.391 e. The molecule has 0 rings (SSSR count). The lowest BCUT2D eigenvalue weighted by Crippen LogP contribution is -2.46. The molecule has 0 saturated carbocycles. The summed E-state index contributed by atoms with van der Waals surface area (Å²) < 4.78 is 23.3. The lowest BCUT2D eigenvalue weighted by Gasteiger charge is -2.26. The van der Waals surface area contributed by atoms with E-state index in [9.17, 15) is 19.4 Å². The average molecular weight is 762 g/mol. The highest BCUT2D eigenvalue weighted by molar-refractivity contribution is 7.47. The summed E-state index contributed by atoms with van der Waals surface area (Å²) in [6, 6.07) is -0.749. The van der Waals surface area contributed by atoms with Gasteiger partial charge in [0.25, 0.3) is 0 Å². The average Bonchev–Trinajstić information content (AvgIpc) is 3.09. The van der Waals surface area contributed by atoms with Gasteiger partial charge in [0.05, 0.1) is 39.9 Å². The van der Waals surface area contributed by atoms with Crippen molar-refractivity contribution in [2.75, 3.05) is 40.9 Å². The molecule has 0 radical (unpaired) electrons. The molecular weight excluding hydrogens is 671 g/mol. The molecule has 0 fully saturated rings. The number of amides is 1. The summed E-state index contributed by atoms with van der Waals surface area (Å²) in [6.45, 7) is 4.74. The summed E-state index contributed by atoms with van der Waals surface area (Å²) in [5.74, 6) is -0.151. The van der Waals surface area contributed by atoms with Gasteiger partial charge in [0.1, 0.15) is 13.2 Å². The molecule has 0 spiro atoms. The Bertz CT molecular complexity index is 824. The number of aliphatic hydroxyl groups is 1. The zero-order valence-electron chi connectivity index (χ0n) is 35.3. The zero-order valence-corrected chi connectivity index (χ0v) is 36.2. The molecule has 0 bridgehead atoms. The Morgan fingerprint density at radius 2 is 0.923 bits per heavy atom. The van der Waals surface area contributed by atoms with E-state index in [0.29, 0.717) is 23.9 Å². The van der Waals surface area contributed by atoms with E-state index in [2.05, 4.69) is 19.2 Å². The summed E-state index contributed by atoms with van der Waals surface area (Å²) in [7, 11) is 1.62. The van der Waals surface area contributed by atoms with Crippen molar-refractivity contribution in [3.8, 4) is 0 Å². The van der Waals surface area contributed by atoms with Gasteiger partial charge in [-0.05, 0) is 12.8 Å². The number of carbonyl (C=O) groups is 1. The number of aliphatic hydroxyl groups excluding tert-OH is 1. The van der Waals surface area contributed by atoms with Crippen LogP contribution in [0.3, 0.4) is 0 Å². The monoisotopic (exact) mass is 762 g/mol. The summed E-state index contributed by atoms with van der Waals surface area (Å²) in [6.07, 6.45) is 39.5. The molecule has 0 aliphatic rings. The van der Waals surface area contributed by atoms with Gasteiger partial charge in [0, 0.05) is 6.42 Å². The number of phosphoric acid groups is 1. The van der Waals surface area contributed by atoms with E-state index in [0.717, 1.165) is 38.5 Å². The number of carbonyl (C=O) groups excluding carboxylic acids is 1. The van der Waals surface area contributed by atoms with Gasteiger partial charge in [-0.1, -0.05) is 200 Å². The Kier molecular flexibility index (Phi) is 35.8. The molecule has 52 heavy (non-hydrogen) atoms. The van der Waals surface area contributed by atoms with Gasteiger partial charge in [-0.2, -0.15) is 0 Å². The number of nitrogens with one attached hydrogen (secondary N) is 1. The number of nitrogens with zero attached hydrogens (tertiary/aromatic N) is 1. The van der Waals surface area contributed by atoms with Crippen LogP contribution < -0.4 is 5.32 Å². The van der Waals surface area contributed by atoms with Crippen LogP contribution in [0.15, 0.2) is 0 Å². The third kappa shape index (κ3) is 37.8. The number of phosphoric ester groups is 1. The third-order valence-corrected chi connectivity index (χ3v) is 11.3. The molecule has 0 aromatic rings. The summed E-state index contributed by atoms with van der Waals surface area (Å²) >= 11 is 0. The maximum atomic E-state index is 12.7. The number of rotatable bonds is 41. The normalized spacial score (nSPS) is 14.4. The number of likely N-dealkylation sites (N-methyl/N-ethyl adjacent to an activating group) is 1. The van der Waals surface area contributed by atoms with Gasteiger partial charge >= 0.3 is 7.82 Å². The molecule has 0 heterocycles. The predicted octanol–water partition coefficient (Wildman–Crippen LogP) is 12.2. The van der Waals surface area contributed by atoms with E-state index in [1.54, 1.807) is 0 Å². The first-order valence-electron chi connectivity index (χ1n) is 22.4. The van der Waals surface area contributed by atoms with Crippen LogP contribution in [0.5, 0.6) is 0 Å². The van der Waals surface area contributed by atoms with Crippen LogP contribution in [0.4, 0.5) is 0 Å². The second-order valence-electron chi connectivity index (χ2n) is 16.8. The second-order valence-corrected chi connectivity index (χ2v) is 18.2. The molecule has 0 aromatic heterocycles. The van der Waals surface area contributed by atoms with Crippen LogP contribution in [0, 0.1) is 0 Å². The van der Waals surface area contributed by atoms with Crippen molar-refractivity contribution in [1.82, 2.24) is 5.32 Å². The molecule has 3 atom stereocenters. The molecule has 0 aliphatic heterocycles. The fourth-order valence-corrected chi connectivity index (χ4v) is 7.49. The molecular formula is C43H90N2O6P+. The highest BCUT2D eigenvalue weighted by atomic mass is 31.2. The number of quaternary nitrogens is 1. The maximum Gasteiger partial charge on any atom is 0.472 e. The second kappa shape index (κ2) is 36.2. The van der Waals surface area contributed by atoms with Gasteiger partial charge in [0.15, 0.2) is 0 Å². The zero-order chi connectivity index (χ0) is 38.6. The Hall–Kier alpha value is -0.500. The molecule has 0 aromatic carbocycles. The smallest absolute Gasteiger partial charge is 0.391 e. The SMILES string of the molecule is CCCCCCCCCCCCCCCCCCCCCCCCCCCCCC(=O)NC(COP(=O)(O)OCC[N+](C)(C)C)C(O)CCCCC. The molecule has 8 nitrogen and oxygen atoms in total. The first-order valence-corrected chi connectivity index (χ1v) is 23.9. The lowest BCUT2D eigenvalue weighted by atomic mass is 10.0. The van der Waals surface area contributed by atoms with Crippen LogP contribution in [0.1, 0.15) is 219 Å². The highest BCUT2D eigenvalue weighted by Crippen LogP contribution is 2.43. The van der Waals surface area contributed by atoms with Crippen LogP contribution in [-0.4, -0.2) is 73.4 Å².